The number of aromatic nitrogens is 2. The summed E-state index contributed by atoms with van der Waals surface area (Å²) in [7, 11) is 1.72. The highest BCUT2D eigenvalue weighted by Crippen LogP contribution is 2.24. The van der Waals surface area contributed by atoms with E-state index in [-0.39, 0.29) is 0 Å². The van der Waals surface area contributed by atoms with E-state index in [1.807, 2.05) is 6.07 Å². The molecule has 3 rings (SSSR count). The zero-order chi connectivity index (χ0) is 18.9. The van der Waals surface area contributed by atoms with E-state index in [1.165, 1.54) is 5.56 Å². The van der Waals surface area contributed by atoms with Crippen LogP contribution in [0.15, 0.2) is 24.3 Å². The normalized spacial score (nSPS) is 15.0. The summed E-state index contributed by atoms with van der Waals surface area (Å²) in [4.78, 5) is 0. The van der Waals surface area contributed by atoms with E-state index in [2.05, 4.69) is 40.6 Å². The van der Waals surface area contributed by atoms with Gasteiger partial charge in [0, 0.05) is 43.9 Å². The average molecular weight is 373 g/mol. The summed E-state index contributed by atoms with van der Waals surface area (Å²) in [6.07, 6.45) is 5.04. The van der Waals surface area contributed by atoms with Crippen molar-refractivity contribution in [2.24, 2.45) is 0 Å². The first kappa shape index (κ1) is 19.7. The molecule has 0 spiro atoms. The zero-order valence-electron chi connectivity index (χ0n) is 16.4. The molecule has 0 bridgehead atoms. The minimum Gasteiger partial charge on any atom is -0.496 e. The molecule has 0 unspecified atom stereocenters. The number of nitrogens with zero attached hydrogens (tertiary/aromatic N) is 1. The van der Waals surface area contributed by atoms with Gasteiger partial charge in [0.1, 0.15) is 5.75 Å². The summed E-state index contributed by atoms with van der Waals surface area (Å²) in [5, 5.41) is 10.9. The highest BCUT2D eigenvalue weighted by atomic mass is 16.5. The van der Waals surface area contributed by atoms with Gasteiger partial charge in [-0.3, -0.25) is 0 Å². The molecule has 6 nitrogen and oxygen atoms in total. The molecule has 1 aromatic carbocycles. The van der Waals surface area contributed by atoms with Crippen molar-refractivity contribution in [1.29, 1.82) is 0 Å². The number of hydrogen-bond acceptors (Lipinski definition) is 5. The molecule has 0 atom stereocenters. The van der Waals surface area contributed by atoms with Gasteiger partial charge in [0.15, 0.2) is 0 Å². The lowest BCUT2D eigenvalue weighted by Crippen LogP contribution is -2.34. The zero-order valence-corrected chi connectivity index (χ0v) is 16.4. The van der Waals surface area contributed by atoms with Crippen LogP contribution in [0.25, 0.3) is 0 Å². The van der Waals surface area contributed by atoms with Crippen LogP contribution in [0.3, 0.4) is 0 Å². The number of benzene rings is 1. The van der Waals surface area contributed by atoms with Crippen molar-refractivity contribution >= 4 is 0 Å². The van der Waals surface area contributed by atoms with Gasteiger partial charge in [-0.2, -0.15) is 5.10 Å². The maximum atomic E-state index is 5.66. The first-order valence-corrected chi connectivity index (χ1v) is 9.92. The number of unbranched alkanes of at least 4 members (excludes halogenated alkanes) is 1. The molecule has 1 aliphatic heterocycles. The number of rotatable bonds is 10. The summed E-state index contributed by atoms with van der Waals surface area (Å²) in [5.74, 6) is 1.63. The molecule has 27 heavy (non-hydrogen) atoms. The molecular weight excluding hydrogens is 342 g/mol. The van der Waals surface area contributed by atoms with Gasteiger partial charge in [0.05, 0.1) is 19.4 Å². The molecule has 148 valence electrons. The number of nitrogens with one attached hydrogen (secondary N) is 2. The van der Waals surface area contributed by atoms with Crippen LogP contribution in [0.4, 0.5) is 0 Å². The third kappa shape index (κ3) is 5.97. The second-order valence-electron chi connectivity index (χ2n) is 7.02. The lowest BCUT2D eigenvalue weighted by atomic mass is 10.0. The fourth-order valence-corrected chi connectivity index (χ4v) is 3.24. The van der Waals surface area contributed by atoms with Crippen molar-refractivity contribution in [3.05, 3.63) is 41.1 Å². The minimum absolute atomic E-state index is 0.541. The van der Waals surface area contributed by atoms with Crippen molar-refractivity contribution < 1.29 is 14.2 Å². The van der Waals surface area contributed by atoms with Gasteiger partial charge in [-0.05, 0) is 30.9 Å². The summed E-state index contributed by atoms with van der Waals surface area (Å²) < 4.78 is 16.7. The quantitative estimate of drug-likeness (QED) is 0.624. The van der Waals surface area contributed by atoms with Crippen LogP contribution >= 0.6 is 0 Å². The van der Waals surface area contributed by atoms with Gasteiger partial charge in [0.25, 0.3) is 0 Å². The smallest absolute Gasteiger partial charge is 0.209 e. The first-order chi connectivity index (χ1) is 13.3. The Morgan fingerprint density at radius 3 is 2.89 bits per heavy atom. The lowest BCUT2D eigenvalue weighted by Gasteiger charge is -2.23. The lowest BCUT2D eigenvalue weighted by molar-refractivity contribution is 0.0776. The predicted molar refractivity (Wildman–Crippen MR) is 105 cm³/mol. The molecule has 0 aliphatic carbocycles. The SMILES string of the molecule is CCCCOc1cc(Cc2ccc(CNC3CCOCC3)cc2OC)n[nH]1. The van der Waals surface area contributed by atoms with Crippen molar-refractivity contribution in [2.45, 2.75) is 51.6 Å². The average Bonchev–Trinajstić information content (AvgIpc) is 3.15. The molecule has 1 fully saturated rings. The van der Waals surface area contributed by atoms with Crippen LogP contribution in [-0.4, -0.2) is 43.2 Å². The summed E-state index contributed by atoms with van der Waals surface area (Å²) >= 11 is 0. The van der Waals surface area contributed by atoms with E-state index in [4.69, 9.17) is 14.2 Å². The second kappa shape index (κ2) is 10.3. The van der Waals surface area contributed by atoms with Crippen molar-refractivity contribution in [3.8, 4) is 11.6 Å². The molecular formula is C21H31N3O3. The Labute approximate surface area is 161 Å². The molecule has 1 aromatic heterocycles. The van der Waals surface area contributed by atoms with Crippen LogP contribution in [0.2, 0.25) is 0 Å². The van der Waals surface area contributed by atoms with Gasteiger partial charge in [-0.15, -0.1) is 0 Å². The fourth-order valence-electron chi connectivity index (χ4n) is 3.24. The third-order valence-electron chi connectivity index (χ3n) is 4.90. The number of methoxy groups -OCH3 is 1. The van der Waals surface area contributed by atoms with Crippen LogP contribution in [0, 0.1) is 0 Å². The first-order valence-electron chi connectivity index (χ1n) is 9.92. The van der Waals surface area contributed by atoms with E-state index in [0.717, 1.165) is 74.9 Å². The minimum atomic E-state index is 0.541. The van der Waals surface area contributed by atoms with Gasteiger partial charge < -0.3 is 19.5 Å². The largest absolute Gasteiger partial charge is 0.496 e. The van der Waals surface area contributed by atoms with Crippen LogP contribution in [0.5, 0.6) is 11.6 Å². The maximum Gasteiger partial charge on any atom is 0.209 e. The molecule has 0 radical (unpaired) electrons. The Morgan fingerprint density at radius 1 is 1.26 bits per heavy atom. The third-order valence-corrected chi connectivity index (χ3v) is 4.90. The van der Waals surface area contributed by atoms with Crippen molar-refractivity contribution in [2.75, 3.05) is 26.9 Å². The van der Waals surface area contributed by atoms with E-state index in [0.29, 0.717) is 12.5 Å². The summed E-state index contributed by atoms with van der Waals surface area (Å²) in [6, 6.07) is 8.92. The topological polar surface area (TPSA) is 68.4 Å². The molecule has 1 saturated heterocycles. The monoisotopic (exact) mass is 373 g/mol. The number of H-pyrrole nitrogens is 1. The van der Waals surface area contributed by atoms with E-state index in [1.54, 1.807) is 7.11 Å². The van der Waals surface area contributed by atoms with E-state index < -0.39 is 0 Å². The number of hydrogen-bond donors (Lipinski definition) is 2. The van der Waals surface area contributed by atoms with Gasteiger partial charge in [-0.1, -0.05) is 25.5 Å². The molecule has 0 saturated carbocycles. The number of aromatic amines is 1. The van der Waals surface area contributed by atoms with Crippen LogP contribution in [0.1, 0.15) is 49.4 Å². The molecule has 2 N–H and O–H groups in total. The van der Waals surface area contributed by atoms with Gasteiger partial charge >= 0.3 is 0 Å². The summed E-state index contributed by atoms with van der Waals surface area (Å²) in [5.41, 5.74) is 3.31. The molecule has 2 heterocycles. The maximum absolute atomic E-state index is 5.66. The Balaban J connectivity index is 1.57. The Hall–Kier alpha value is -2.05. The Kier molecular flexibility index (Phi) is 7.54. The fraction of sp³-hybridized carbons (Fsp3) is 0.571. The Bertz CT molecular complexity index is 696. The van der Waals surface area contributed by atoms with E-state index in [9.17, 15) is 0 Å². The predicted octanol–water partition coefficient (Wildman–Crippen LogP) is 3.46. The second-order valence-corrected chi connectivity index (χ2v) is 7.02. The molecule has 2 aromatic rings. The molecule has 6 heteroatoms. The highest BCUT2D eigenvalue weighted by Gasteiger charge is 2.14. The van der Waals surface area contributed by atoms with E-state index >= 15 is 0 Å². The molecule has 1 aliphatic rings. The van der Waals surface area contributed by atoms with Gasteiger partial charge in [0.2, 0.25) is 5.88 Å². The Morgan fingerprint density at radius 2 is 2.11 bits per heavy atom. The summed E-state index contributed by atoms with van der Waals surface area (Å²) in [6.45, 7) is 5.42. The van der Waals surface area contributed by atoms with Crippen molar-refractivity contribution in [3.63, 3.8) is 0 Å². The van der Waals surface area contributed by atoms with Crippen molar-refractivity contribution in [1.82, 2.24) is 15.5 Å². The van der Waals surface area contributed by atoms with Crippen LogP contribution < -0.4 is 14.8 Å². The molecule has 0 amide bonds. The van der Waals surface area contributed by atoms with Crippen LogP contribution in [-0.2, 0) is 17.7 Å². The van der Waals surface area contributed by atoms with Gasteiger partial charge in [-0.25, -0.2) is 5.10 Å². The number of ether oxygens (including phenoxy) is 3. The highest BCUT2D eigenvalue weighted by molar-refractivity contribution is 5.40. The standard InChI is InChI=1S/C21H31N3O3/c1-3-4-9-27-21-14-19(23-24-21)13-17-6-5-16(12-20(17)25-2)15-22-18-7-10-26-11-8-18/h5-6,12,14,18,22H,3-4,7-11,13,15H2,1-2H3,(H,23,24).